The van der Waals surface area contributed by atoms with E-state index in [1.807, 2.05) is 4.90 Å². The summed E-state index contributed by atoms with van der Waals surface area (Å²) in [5.41, 5.74) is 0. The van der Waals surface area contributed by atoms with Crippen LogP contribution in [0.4, 0.5) is 8.78 Å². The van der Waals surface area contributed by atoms with E-state index in [0.29, 0.717) is 6.04 Å². The highest BCUT2D eigenvalue weighted by molar-refractivity contribution is 4.74. The predicted molar refractivity (Wildman–Crippen MR) is 49.2 cm³/mol. The van der Waals surface area contributed by atoms with E-state index in [1.165, 1.54) is 0 Å². The van der Waals surface area contributed by atoms with Crippen molar-refractivity contribution in [3.8, 4) is 0 Å². The maximum Gasteiger partial charge on any atom is 0.251 e. The van der Waals surface area contributed by atoms with Gasteiger partial charge in [-0.1, -0.05) is 0 Å². The highest BCUT2D eigenvalue weighted by atomic mass is 19.3. The van der Waals surface area contributed by atoms with Crippen molar-refractivity contribution in [2.45, 2.75) is 26.3 Å². The number of piperazine rings is 1. The van der Waals surface area contributed by atoms with Gasteiger partial charge in [0.25, 0.3) is 6.43 Å². The zero-order valence-corrected chi connectivity index (χ0v) is 8.34. The second kappa shape index (κ2) is 4.86. The van der Waals surface area contributed by atoms with Gasteiger partial charge in [-0.05, 0) is 13.8 Å². The molecule has 1 heterocycles. The van der Waals surface area contributed by atoms with E-state index in [-0.39, 0.29) is 6.54 Å². The Bertz CT molecular complexity index is 143. The molecule has 0 aliphatic carbocycles. The summed E-state index contributed by atoms with van der Waals surface area (Å²) in [5.74, 6) is 0. The molecule has 0 radical (unpaired) electrons. The molecule has 4 heteroatoms. The summed E-state index contributed by atoms with van der Waals surface area (Å²) in [6.45, 7) is 7.62. The number of hydrogen-bond donors (Lipinski definition) is 0. The molecule has 78 valence electrons. The molecule has 2 nitrogen and oxygen atoms in total. The molecule has 0 aromatic carbocycles. The minimum atomic E-state index is -2.19. The zero-order chi connectivity index (χ0) is 9.84. The Labute approximate surface area is 78.5 Å². The molecule has 0 saturated carbocycles. The van der Waals surface area contributed by atoms with E-state index in [4.69, 9.17) is 0 Å². The van der Waals surface area contributed by atoms with Crippen LogP contribution in [0, 0.1) is 0 Å². The maximum absolute atomic E-state index is 12.0. The zero-order valence-electron chi connectivity index (χ0n) is 8.34. The summed E-state index contributed by atoms with van der Waals surface area (Å²) in [6.07, 6.45) is -2.19. The minimum absolute atomic E-state index is 0.0636. The Morgan fingerprint density at radius 1 is 1.08 bits per heavy atom. The summed E-state index contributed by atoms with van der Waals surface area (Å²) in [5, 5.41) is 0. The molecule has 1 aliphatic heterocycles. The van der Waals surface area contributed by atoms with Crippen molar-refractivity contribution in [1.82, 2.24) is 9.80 Å². The summed E-state index contributed by atoms with van der Waals surface area (Å²) in [7, 11) is 0. The van der Waals surface area contributed by atoms with Crippen LogP contribution in [0.25, 0.3) is 0 Å². The first-order valence-electron chi connectivity index (χ1n) is 4.84. The van der Waals surface area contributed by atoms with Gasteiger partial charge in [0.1, 0.15) is 0 Å². The number of halogens is 2. The van der Waals surface area contributed by atoms with Gasteiger partial charge in [0.05, 0.1) is 6.54 Å². The van der Waals surface area contributed by atoms with Crippen molar-refractivity contribution in [3.63, 3.8) is 0 Å². The number of nitrogens with zero attached hydrogens (tertiary/aromatic N) is 2. The van der Waals surface area contributed by atoms with Crippen molar-refractivity contribution in [2.24, 2.45) is 0 Å². The lowest BCUT2D eigenvalue weighted by atomic mass is 10.2. The van der Waals surface area contributed by atoms with Crippen LogP contribution in [0.5, 0.6) is 0 Å². The molecule has 0 aromatic heterocycles. The molecule has 0 bridgehead atoms. The Morgan fingerprint density at radius 2 is 1.62 bits per heavy atom. The summed E-state index contributed by atoms with van der Waals surface area (Å²) < 4.78 is 24.0. The van der Waals surface area contributed by atoms with Gasteiger partial charge in [-0.25, -0.2) is 8.78 Å². The van der Waals surface area contributed by atoms with E-state index in [9.17, 15) is 8.78 Å². The second-order valence-corrected chi connectivity index (χ2v) is 3.82. The largest absolute Gasteiger partial charge is 0.298 e. The van der Waals surface area contributed by atoms with Crippen molar-refractivity contribution in [3.05, 3.63) is 0 Å². The first-order valence-corrected chi connectivity index (χ1v) is 4.84. The fourth-order valence-electron chi connectivity index (χ4n) is 1.66. The molecule has 1 rings (SSSR count). The number of alkyl halides is 2. The van der Waals surface area contributed by atoms with Gasteiger partial charge in [-0.15, -0.1) is 0 Å². The molecule has 1 fully saturated rings. The highest BCUT2D eigenvalue weighted by Crippen LogP contribution is 2.07. The van der Waals surface area contributed by atoms with Crippen LogP contribution in [0.2, 0.25) is 0 Å². The fraction of sp³-hybridized carbons (Fsp3) is 1.00. The van der Waals surface area contributed by atoms with Crippen LogP contribution >= 0.6 is 0 Å². The van der Waals surface area contributed by atoms with E-state index in [1.54, 1.807) is 0 Å². The van der Waals surface area contributed by atoms with E-state index < -0.39 is 6.43 Å². The van der Waals surface area contributed by atoms with Gasteiger partial charge in [0.2, 0.25) is 0 Å². The van der Waals surface area contributed by atoms with Gasteiger partial charge in [0.15, 0.2) is 0 Å². The van der Waals surface area contributed by atoms with Crippen LogP contribution < -0.4 is 0 Å². The normalized spacial score (nSPS) is 21.7. The quantitative estimate of drug-likeness (QED) is 0.664. The van der Waals surface area contributed by atoms with Crippen molar-refractivity contribution in [1.29, 1.82) is 0 Å². The topological polar surface area (TPSA) is 6.48 Å². The Kier molecular flexibility index (Phi) is 4.06. The molecule has 0 N–H and O–H groups in total. The molecule has 0 atom stereocenters. The Morgan fingerprint density at radius 3 is 2.00 bits per heavy atom. The average molecular weight is 192 g/mol. The standard InChI is InChI=1S/C9H18F2N2/c1-8(2)13-5-3-12(4-6-13)7-9(10)11/h8-9H,3-7H2,1-2H3. The highest BCUT2D eigenvalue weighted by Gasteiger charge is 2.20. The van der Waals surface area contributed by atoms with E-state index in [2.05, 4.69) is 18.7 Å². The SMILES string of the molecule is CC(C)N1CCN(CC(F)F)CC1. The third kappa shape index (κ3) is 3.56. The second-order valence-electron chi connectivity index (χ2n) is 3.82. The fourth-order valence-corrected chi connectivity index (χ4v) is 1.66. The average Bonchev–Trinajstić information content (AvgIpc) is 2.04. The first kappa shape index (κ1) is 10.9. The molecule has 0 amide bonds. The number of hydrogen-bond acceptors (Lipinski definition) is 2. The molecule has 1 saturated heterocycles. The third-order valence-corrected chi connectivity index (χ3v) is 2.53. The molecular weight excluding hydrogens is 174 g/mol. The lowest BCUT2D eigenvalue weighted by Gasteiger charge is -2.36. The lowest BCUT2D eigenvalue weighted by Crippen LogP contribution is -2.49. The van der Waals surface area contributed by atoms with Crippen molar-refractivity contribution >= 4 is 0 Å². The van der Waals surface area contributed by atoms with Gasteiger partial charge in [-0.2, -0.15) is 0 Å². The first-order chi connectivity index (χ1) is 6.09. The smallest absolute Gasteiger partial charge is 0.251 e. The molecule has 13 heavy (non-hydrogen) atoms. The van der Waals surface area contributed by atoms with E-state index in [0.717, 1.165) is 26.2 Å². The summed E-state index contributed by atoms with van der Waals surface area (Å²) >= 11 is 0. The van der Waals surface area contributed by atoms with Crippen LogP contribution in [0.1, 0.15) is 13.8 Å². The van der Waals surface area contributed by atoms with Crippen molar-refractivity contribution < 1.29 is 8.78 Å². The Hall–Kier alpha value is -0.220. The van der Waals surface area contributed by atoms with Crippen LogP contribution in [-0.2, 0) is 0 Å². The summed E-state index contributed by atoms with van der Waals surface area (Å²) in [6, 6.07) is 0.536. The van der Waals surface area contributed by atoms with Gasteiger partial charge in [-0.3, -0.25) is 9.80 Å². The van der Waals surface area contributed by atoms with E-state index >= 15 is 0 Å². The molecular formula is C9H18F2N2. The van der Waals surface area contributed by atoms with Crippen LogP contribution in [-0.4, -0.2) is 55.0 Å². The maximum atomic E-state index is 12.0. The predicted octanol–water partition coefficient (Wildman–Crippen LogP) is 1.28. The minimum Gasteiger partial charge on any atom is -0.298 e. The summed E-state index contributed by atoms with van der Waals surface area (Å²) in [4.78, 5) is 4.16. The van der Waals surface area contributed by atoms with Gasteiger partial charge >= 0.3 is 0 Å². The van der Waals surface area contributed by atoms with Crippen molar-refractivity contribution in [2.75, 3.05) is 32.7 Å². The van der Waals surface area contributed by atoms with Crippen LogP contribution in [0.3, 0.4) is 0 Å². The molecule has 0 aromatic rings. The molecule has 1 aliphatic rings. The number of rotatable bonds is 3. The van der Waals surface area contributed by atoms with Crippen LogP contribution in [0.15, 0.2) is 0 Å². The van der Waals surface area contributed by atoms with Gasteiger partial charge < -0.3 is 0 Å². The Balaban J connectivity index is 2.22. The van der Waals surface area contributed by atoms with Gasteiger partial charge in [0, 0.05) is 32.2 Å². The molecule has 0 spiro atoms. The third-order valence-electron chi connectivity index (χ3n) is 2.53. The lowest BCUT2D eigenvalue weighted by molar-refractivity contribution is 0.0481. The molecule has 0 unspecified atom stereocenters. The monoisotopic (exact) mass is 192 g/mol.